The summed E-state index contributed by atoms with van der Waals surface area (Å²) in [4.78, 5) is 0. The van der Waals surface area contributed by atoms with Gasteiger partial charge in [-0.05, 0) is 79.2 Å². The van der Waals surface area contributed by atoms with Crippen LogP contribution < -0.4 is 15.2 Å². The van der Waals surface area contributed by atoms with Gasteiger partial charge in [0.15, 0.2) is 0 Å². The van der Waals surface area contributed by atoms with Crippen molar-refractivity contribution in [2.75, 3.05) is 20.3 Å². The fraction of sp³-hybridized carbons (Fsp3) is 0.500. The number of hydrogen-bond donors (Lipinski definition) is 2. The summed E-state index contributed by atoms with van der Waals surface area (Å²) >= 11 is 6.26. The van der Waals surface area contributed by atoms with E-state index in [1.807, 2.05) is 18.2 Å². The van der Waals surface area contributed by atoms with Crippen LogP contribution in [0.15, 0.2) is 36.4 Å². The number of aliphatic hydroxyl groups is 1. The van der Waals surface area contributed by atoms with Crippen molar-refractivity contribution in [3.63, 3.8) is 0 Å². The van der Waals surface area contributed by atoms with Crippen LogP contribution in [0.5, 0.6) is 11.5 Å². The van der Waals surface area contributed by atoms with Crippen molar-refractivity contribution in [2.45, 2.75) is 50.0 Å². The van der Waals surface area contributed by atoms with Crippen LogP contribution in [0, 0.1) is 5.92 Å². The molecule has 0 bridgehead atoms. The third-order valence-corrected chi connectivity index (χ3v) is 6.92. The molecule has 0 aromatic heterocycles. The number of nitrogens with two attached hydrogens (primary N) is 1. The number of halogens is 1. The lowest BCUT2D eigenvalue weighted by Gasteiger charge is -2.26. The number of fused-ring (bicyclic) bond motifs is 1. The second kappa shape index (κ2) is 8.55. The molecule has 0 radical (unpaired) electrons. The summed E-state index contributed by atoms with van der Waals surface area (Å²) in [7, 11) is 1.64. The predicted molar refractivity (Wildman–Crippen MR) is 116 cm³/mol. The van der Waals surface area contributed by atoms with E-state index >= 15 is 0 Å². The normalized spacial score (nSPS) is 26.2. The Balaban J connectivity index is 1.38. The zero-order valence-corrected chi connectivity index (χ0v) is 17.8. The molecule has 4 rings (SSSR count). The van der Waals surface area contributed by atoms with E-state index in [2.05, 4.69) is 18.2 Å². The molecular formula is C24H30ClNO3. The van der Waals surface area contributed by atoms with Crippen molar-refractivity contribution >= 4 is 11.6 Å². The van der Waals surface area contributed by atoms with Crippen LogP contribution in [-0.4, -0.2) is 31.0 Å². The van der Waals surface area contributed by atoms with Gasteiger partial charge in [-0.1, -0.05) is 29.8 Å². The highest BCUT2D eigenvalue weighted by atomic mass is 35.5. The van der Waals surface area contributed by atoms with Gasteiger partial charge in [-0.2, -0.15) is 0 Å². The van der Waals surface area contributed by atoms with Crippen LogP contribution in [0.25, 0.3) is 0 Å². The van der Waals surface area contributed by atoms with Gasteiger partial charge in [0.25, 0.3) is 0 Å². The first kappa shape index (κ1) is 20.5. The molecule has 0 aliphatic heterocycles. The molecule has 29 heavy (non-hydrogen) atoms. The highest BCUT2D eigenvalue weighted by molar-refractivity contribution is 6.32. The number of aliphatic hydroxyl groups excluding tert-OH is 1. The minimum Gasteiger partial charge on any atom is -0.497 e. The third-order valence-electron chi connectivity index (χ3n) is 6.60. The molecule has 1 fully saturated rings. The zero-order valence-electron chi connectivity index (χ0n) is 17.0. The highest BCUT2D eigenvalue weighted by Gasteiger charge is 2.36. The smallest absolute Gasteiger partial charge is 0.141 e. The van der Waals surface area contributed by atoms with Gasteiger partial charge >= 0.3 is 0 Å². The van der Waals surface area contributed by atoms with Crippen molar-refractivity contribution < 1.29 is 14.6 Å². The molecule has 0 spiro atoms. The van der Waals surface area contributed by atoms with Crippen molar-refractivity contribution in [1.82, 2.24) is 0 Å². The maximum absolute atomic E-state index is 9.54. The van der Waals surface area contributed by atoms with Crippen molar-refractivity contribution in [2.24, 2.45) is 11.7 Å². The van der Waals surface area contributed by atoms with Crippen LogP contribution >= 0.6 is 11.6 Å². The van der Waals surface area contributed by atoms with Gasteiger partial charge in [0.05, 0.1) is 25.3 Å². The number of aryl methyl sites for hydroxylation is 1. The second-order valence-corrected chi connectivity index (χ2v) is 9.11. The standard InChI is InChI=1S/C24H30ClNO3/c1-28-21-6-7-22(25)23(12-21)29-14-16-2-3-18-11-19(5-4-17(18)10-16)20-8-9-24(26,13-20)15-27/h4-7,11-12,16,20,27H,2-3,8-10,13-15,26H2,1H3/t16?,20-,24-/m1/s1. The van der Waals surface area contributed by atoms with E-state index in [1.54, 1.807) is 7.11 Å². The number of ether oxygens (including phenoxy) is 2. The Morgan fingerprint density at radius 1 is 1.17 bits per heavy atom. The Hall–Kier alpha value is -1.75. The lowest BCUT2D eigenvalue weighted by Crippen LogP contribution is -2.40. The number of hydrogen-bond acceptors (Lipinski definition) is 4. The van der Waals surface area contributed by atoms with E-state index in [-0.39, 0.29) is 6.61 Å². The maximum atomic E-state index is 9.54. The molecule has 1 unspecified atom stereocenters. The highest BCUT2D eigenvalue weighted by Crippen LogP contribution is 2.40. The van der Waals surface area contributed by atoms with Crippen LogP contribution in [0.3, 0.4) is 0 Å². The van der Waals surface area contributed by atoms with Crippen molar-refractivity contribution in [3.8, 4) is 11.5 Å². The molecule has 3 atom stereocenters. The maximum Gasteiger partial charge on any atom is 0.141 e. The van der Waals surface area contributed by atoms with E-state index in [9.17, 15) is 5.11 Å². The van der Waals surface area contributed by atoms with Gasteiger partial charge < -0.3 is 20.3 Å². The molecule has 0 heterocycles. The monoisotopic (exact) mass is 415 g/mol. The van der Waals surface area contributed by atoms with E-state index in [0.717, 1.165) is 44.3 Å². The fourth-order valence-electron chi connectivity index (χ4n) is 4.76. The largest absolute Gasteiger partial charge is 0.497 e. The first-order chi connectivity index (χ1) is 14.0. The molecule has 2 aliphatic rings. The summed E-state index contributed by atoms with van der Waals surface area (Å²) in [6.07, 6.45) is 6.05. The Morgan fingerprint density at radius 3 is 2.79 bits per heavy atom. The summed E-state index contributed by atoms with van der Waals surface area (Å²) in [5.74, 6) is 2.38. The van der Waals surface area contributed by atoms with Crippen molar-refractivity contribution in [3.05, 3.63) is 58.1 Å². The molecule has 3 N–H and O–H groups in total. The van der Waals surface area contributed by atoms with E-state index < -0.39 is 5.54 Å². The van der Waals surface area contributed by atoms with Crippen LogP contribution in [0.2, 0.25) is 5.02 Å². The van der Waals surface area contributed by atoms with Gasteiger partial charge in [-0.25, -0.2) is 0 Å². The third kappa shape index (κ3) is 4.55. The number of methoxy groups -OCH3 is 1. The Morgan fingerprint density at radius 2 is 2.03 bits per heavy atom. The van der Waals surface area contributed by atoms with Gasteiger partial charge in [0, 0.05) is 11.6 Å². The lowest BCUT2D eigenvalue weighted by atomic mass is 9.82. The van der Waals surface area contributed by atoms with Gasteiger partial charge in [-0.15, -0.1) is 0 Å². The molecule has 4 nitrogen and oxygen atoms in total. The molecule has 1 saturated carbocycles. The molecule has 156 valence electrons. The Bertz CT molecular complexity index is 871. The summed E-state index contributed by atoms with van der Waals surface area (Å²) in [5, 5.41) is 10.2. The van der Waals surface area contributed by atoms with Gasteiger partial charge in [0.1, 0.15) is 11.5 Å². The number of benzene rings is 2. The molecule has 0 saturated heterocycles. The first-order valence-electron chi connectivity index (χ1n) is 10.5. The minimum atomic E-state index is -0.398. The first-order valence-corrected chi connectivity index (χ1v) is 10.9. The average Bonchev–Trinajstić information content (AvgIpc) is 3.15. The molecule has 2 aromatic rings. The lowest BCUT2D eigenvalue weighted by molar-refractivity contribution is 0.198. The van der Waals surface area contributed by atoms with Crippen LogP contribution in [-0.2, 0) is 12.8 Å². The van der Waals surface area contributed by atoms with E-state index in [4.69, 9.17) is 26.8 Å². The van der Waals surface area contributed by atoms with E-state index in [0.29, 0.717) is 29.2 Å². The zero-order chi connectivity index (χ0) is 20.4. The quantitative estimate of drug-likeness (QED) is 0.729. The minimum absolute atomic E-state index is 0.0768. The second-order valence-electron chi connectivity index (χ2n) is 8.70. The Kier molecular flexibility index (Phi) is 6.05. The summed E-state index contributed by atoms with van der Waals surface area (Å²) in [6.45, 7) is 0.732. The van der Waals surface area contributed by atoms with E-state index in [1.165, 1.54) is 16.7 Å². The Labute approximate surface area is 178 Å². The molecular weight excluding hydrogens is 386 g/mol. The summed E-state index contributed by atoms with van der Waals surface area (Å²) in [5.41, 5.74) is 10.1. The molecule has 2 aromatic carbocycles. The average molecular weight is 416 g/mol. The topological polar surface area (TPSA) is 64.7 Å². The van der Waals surface area contributed by atoms with Crippen molar-refractivity contribution in [1.29, 1.82) is 0 Å². The molecule has 0 amide bonds. The summed E-state index contributed by atoms with van der Waals surface area (Å²) in [6, 6.07) is 12.4. The van der Waals surface area contributed by atoms with Gasteiger partial charge in [-0.3, -0.25) is 0 Å². The fourth-order valence-corrected chi connectivity index (χ4v) is 4.93. The van der Waals surface area contributed by atoms with Gasteiger partial charge in [0.2, 0.25) is 0 Å². The van der Waals surface area contributed by atoms with Crippen LogP contribution in [0.4, 0.5) is 0 Å². The predicted octanol–water partition coefficient (Wildman–Crippen LogP) is 4.49. The number of rotatable bonds is 6. The van der Waals surface area contributed by atoms with Crippen LogP contribution in [0.1, 0.15) is 48.3 Å². The summed E-state index contributed by atoms with van der Waals surface area (Å²) < 4.78 is 11.3. The SMILES string of the molecule is COc1ccc(Cl)c(OCC2CCc3cc([C@@H]4CC[C@](N)(CO)C4)ccc3C2)c1. The molecule has 5 heteroatoms. The molecule has 2 aliphatic carbocycles.